The van der Waals surface area contributed by atoms with Crippen LogP contribution in [-0.2, 0) is 5.41 Å². The maximum Gasteiger partial charge on any atom is 0.0503 e. The number of hydrogen-bond donors (Lipinski definition) is 0. The van der Waals surface area contributed by atoms with E-state index >= 15 is 0 Å². The van der Waals surface area contributed by atoms with Crippen LogP contribution in [0.4, 0.5) is 11.4 Å². The molecule has 0 aliphatic carbocycles. The highest BCUT2D eigenvalue weighted by atomic mass is 15.2. The lowest BCUT2D eigenvalue weighted by atomic mass is 9.73. The largest absolute Gasteiger partial charge is 0.310 e. The third kappa shape index (κ3) is 3.00. The van der Waals surface area contributed by atoms with E-state index in [9.17, 15) is 0 Å². The van der Waals surface area contributed by atoms with Crippen LogP contribution in [0, 0.1) is 0 Å². The Morgan fingerprint density at radius 3 is 2.26 bits per heavy atom. The zero-order valence-electron chi connectivity index (χ0n) is 16.5. The van der Waals surface area contributed by atoms with Crippen molar-refractivity contribution in [3.05, 3.63) is 115 Å². The van der Waals surface area contributed by atoms with Crippen LogP contribution in [0.3, 0.4) is 0 Å². The van der Waals surface area contributed by atoms with E-state index in [1.807, 2.05) is 31.2 Å². The summed E-state index contributed by atoms with van der Waals surface area (Å²) in [6.45, 7) is 18.5. The topological polar surface area (TPSA) is 3.24 Å². The monoisotopic (exact) mass is 353 g/mol. The molecule has 0 aromatic heterocycles. The molecule has 1 heterocycles. The first-order chi connectivity index (χ1) is 13.0. The molecule has 0 fully saturated rings. The van der Waals surface area contributed by atoms with Crippen LogP contribution in [0.5, 0.6) is 0 Å². The second-order valence-electron chi connectivity index (χ2n) is 7.19. The Hall–Kier alpha value is -3.06. The maximum atomic E-state index is 4.03. The Kier molecular flexibility index (Phi) is 5.05. The molecular formula is C26H27N. The van der Waals surface area contributed by atoms with Gasteiger partial charge in [-0.05, 0) is 59.5 Å². The lowest BCUT2D eigenvalue weighted by Crippen LogP contribution is -2.32. The smallest absolute Gasteiger partial charge is 0.0503 e. The fraction of sp³-hybridized carbons (Fsp3) is 0.154. The van der Waals surface area contributed by atoms with E-state index in [0.29, 0.717) is 0 Å². The quantitative estimate of drug-likeness (QED) is 0.509. The average molecular weight is 354 g/mol. The molecule has 0 bridgehead atoms. The SMILES string of the molecule is C=C/C=C(\C=C)N1c2ccccc2C(C)(C)c2cc(/C(C=C)=C/C)ccc21. The van der Waals surface area contributed by atoms with E-state index in [4.69, 9.17) is 0 Å². The molecule has 0 amide bonds. The minimum Gasteiger partial charge on any atom is -0.310 e. The van der Waals surface area contributed by atoms with E-state index in [1.54, 1.807) is 0 Å². The summed E-state index contributed by atoms with van der Waals surface area (Å²) in [5, 5.41) is 0. The minimum absolute atomic E-state index is 0.112. The zero-order valence-corrected chi connectivity index (χ0v) is 16.5. The van der Waals surface area contributed by atoms with Crippen molar-refractivity contribution in [3.63, 3.8) is 0 Å². The van der Waals surface area contributed by atoms with Gasteiger partial charge in [-0.25, -0.2) is 0 Å². The van der Waals surface area contributed by atoms with E-state index in [0.717, 1.165) is 11.3 Å². The van der Waals surface area contributed by atoms with Crippen LogP contribution in [0.15, 0.2) is 98.3 Å². The molecule has 1 aliphatic rings. The number of benzene rings is 2. The van der Waals surface area contributed by atoms with Gasteiger partial charge in [0, 0.05) is 11.1 Å². The molecule has 1 nitrogen and oxygen atoms in total. The second-order valence-corrected chi connectivity index (χ2v) is 7.19. The number of allylic oxidation sites excluding steroid dienone is 6. The first-order valence-electron chi connectivity index (χ1n) is 9.28. The highest BCUT2D eigenvalue weighted by Gasteiger charge is 2.36. The predicted octanol–water partition coefficient (Wildman–Crippen LogP) is 7.31. The Labute approximate surface area is 163 Å². The Morgan fingerprint density at radius 2 is 1.63 bits per heavy atom. The number of anilines is 2. The van der Waals surface area contributed by atoms with Crippen LogP contribution in [0.25, 0.3) is 5.57 Å². The van der Waals surface area contributed by atoms with Gasteiger partial charge in [0.25, 0.3) is 0 Å². The molecule has 0 spiro atoms. The van der Waals surface area contributed by atoms with Crippen molar-refractivity contribution in [2.24, 2.45) is 0 Å². The van der Waals surface area contributed by atoms with Gasteiger partial charge in [0.15, 0.2) is 0 Å². The fourth-order valence-corrected chi connectivity index (χ4v) is 3.92. The third-order valence-electron chi connectivity index (χ3n) is 5.35. The molecular weight excluding hydrogens is 326 g/mol. The summed E-state index contributed by atoms with van der Waals surface area (Å²) in [5.74, 6) is 0. The molecule has 27 heavy (non-hydrogen) atoms. The minimum atomic E-state index is -0.112. The number of nitrogens with zero attached hydrogens (tertiary/aromatic N) is 1. The van der Waals surface area contributed by atoms with Gasteiger partial charge >= 0.3 is 0 Å². The van der Waals surface area contributed by atoms with Gasteiger partial charge in [0.05, 0.1) is 11.4 Å². The van der Waals surface area contributed by atoms with Gasteiger partial charge in [0.2, 0.25) is 0 Å². The van der Waals surface area contributed by atoms with Crippen LogP contribution in [-0.4, -0.2) is 0 Å². The van der Waals surface area contributed by atoms with Crippen molar-refractivity contribution >= 4 is 16.9 Å². The summed E-state index contributed by atoms with van der Waals surface area (Å²) < 4.78 is 0. The Morgan fingerprint density at radius 1 is 0.926 bits per heavy atom. The molecule has 0 saturated carbocycles. The summed E-state index contributed by atoms with van der Waals surface area (Å²) in [5.41, 5.74) is 8.18. The molecule has 0 radical (unpaired) electrons. The van der Waals surface area contributed by atoms with Crippen molar-refractivity contribution < 1.29 is 0 Å². The van der Waals surface area contributed by atoms with Crippen molar-refractivity contribution in [3.8, 4) is 0 Å². The van der Waals surface area contributed by atoms with Crippen LogP contribution < -0.4 is 4.90 Å². The molecule has 1 heteroatoms. The maximum absolute atomic E-state index is 4.03. The number of hydrogen-bond acceptors (Lipinski definition) is 1. The van der Waals surface area contributed by atoms with Gasteiger partial charge in [-0.15, -0.1) is 0 Å². The Bertz CT molecular complexity index is 969. The summed E-state index contributed by atoms with van der Waals surface area (Å²) in [4.78, 5) is 2.28. The Balaban J connectivity index is 2.35. The summed E-state index contributed by atoms with van der Waals surface area (Å²) in [7, 11) is 0. The van der Waals surface area contributed by atoms with Crippen LogP contribution in [0.2, 0.25) is 0 Å². The fourth-order valence-electron chi connectivity index (χ4n) is 3.92. The molecule has 0 atom stereocenters. The standard InChI is InChI=1S/C26H27N/c1-7-13-21(10-4)27-24-15-12-11-14-22(24)26(5,6)23-18-20(16-17-25(23)27)19(8-2)9-3/h7-18H,1-2,4H2,3,5-6H3/b19-9+,21-13+. The summed E-state index contributed by atoms with van der Waals surface area (Å²) in [6, 6.07) is 15.3. The zero-order chi connectivity index (χ0) is 19.6. The predicted molar refractivity (Wildman–Crippen MR) is 119 cm³/mol. The van der Waals surface area contributed by atoms with Gasteiger partial charge in [0.1, 0.15) is 0 Å². The molecule has 2 aromatic carbocycles. The lowest BCUT2D eigenvalue weighted by molar-refractivity contribution is 0.630. The van der Waals surface area contributed by atoms with Crippen LogP contribution in [0.1, 0.15) is 37.5 Å². The first kappa shape index (κ1) is 18.7. The van der Waals surface area contributed by atoms with Gasteiger partial charge in [-0.3, -0.25) is 0 Å². The van der Waals surface area contributed by atoms with E-state index in [-0.39, 0.29) is 5.41 Å². The molecule has 1 aliphatic heterocycles. The molecule has 2 aromatic rings. The lowest BCUT2D eigenvalue weighted by Gasteiger charge is -2.42. The molecule has 0 saturated heterocycles. The highest BCUT2D eigenvalue weighted by Crippen LogP contribution is 2.50. The van der Waals surface area contributed by atoms with E-state index < -0.39 is 0 Å². The van der Waals surface area contributed by atoms with Gasteiger partial charge in [-0.1, -0.05) is 76.1 Å². The summed E-state index contributed by atoms with van der Waals surface area (Å²) >= 11 is 0. The molecule has 136 valence electrons. The molecule has 0 unspecified atom stereocenters. The number of fused-ring (bicyclic) bond motifs is 2. The van der Waals surface area contributed by atoms with Crippen LogP contribution >= 0.6 is 0 Å². The van der Waals surface area contributed by atoms with Crippen molar-refractivity contribution in [1.82, 2.24) is 0 Å². The normalized spacial score (nSPS) is 15.6. The van der Waals surface area contributed by atoms with E-state index in [2.05, 4.69) is 87.0 Å². The van der Waals surface area contributed by atoms with Gasteiger partial charge < -0.3 is 4.90 Å². The summed E-state index contributed by atoms with van der Waals surface area (Å²) in [6.07, 6.45) is 9.71. The average Bonchev–Trinajstić information content (AvgIpc) is 2.68. The highest BCUT2D eigenvalue weighted by molar-refractivity contribution is 5.84. The van der Waals surface area contributed by atoms with Crippen molar-refractivity contribution in [1.29, 1.82) is 0 Å². The number of para-hydroxylation sites is 1. The number of rotatable bonds is 5. The van der Waals surface area contributed by atoms with Crippen molar-refractivity contribution in [2.75, 3.05) is 4.90 Å². The first-order valence-corrected chi connectivity index (χ1v) is 9.28. The second kappa shape index (κ2) is 7.28. The third-order valence-corrected chi connectivity index (χ3v) is 5.35. The van der Waals surface area contributed by atoms with Crippen molar-refractivity contribution in [2.45, 2.75) is 26.2 Å². The molecule has 3 rings (SSSR count). The van der Waals surface area contributed by atoms with E-state index in [1.165, 1.54) is 28.1 Å². The molecule has 0 N–H and O–H groups in total. The van der Waals surface area contributed by atoms with Gasteiger partial charge in [-0.2, -0.15) is 0 Å².